The lowest BCUT2D eigenvalue weighted by molar-refractivity contribution is -0.138. The molecule has 1 aromatic heterocycles. The van der Waals surface area contributed by atoms with Gasteiger partial charge >= 0.3 is 11.4 Å². The summed E-state index contributed by atoms with van der Waals surface area (Å²) in [6.07, 6.45) is 1.49. The number of nitrogens with zero attached hydrogens (tertiary/aromatic N) is 4. The number of ether oxygens (including phenoxy) is 1. The van der Waals surface area contributed by atoms with Crippen molar-refractivity contribution in [2.24, 2.45) is 7.05 Å². The lowest BCUT2D eigenvalue weighted by Gasteiger charge is -2.49. The van der Waals surface area contributed by atoms with Crippen LogP contribution in [0.15, 0.2) is 39.4 Å². The molecule has 2 amide bonds. The monoisotopic (exact) mass is 572 g/mol. The molecule has 5 rings (SSSR count). The maximum Gasteiger partial charge on any atom is 0.347 e. The fraction of sp³-hybridized carbons (Fsp3) is 0.429. The van der Waals surface area contributed by atoms with Crippen LogP contribution in [-0.2, 0) is 23.2 Å². The molecule has 3 aliphatic rings. The number of rotatable bonds is 3. The quantitative estimate of drug-likeness (QED) is 0.257. The summed E-state index contributed by atoms with van der Waals surface area (Å²) in [5.41, 5.74) is -0.536. The highest BCUT2D eigenvalue weighted by Crippen LogP contribution is 2.64. The molecule has 1 saturated heterocycles. The normalized spacial score (nSPS) is 30.0. The molecule has 0 radical (unpaired) electrons. The third kappa shape index (κ3) is 2.63. The van der Waals surface area contributed by atoms with E-state index < -0.39 is 44.9 Å². The number of carbonyl (C=O) groups excluding carboxylic acids is 2. The Morgan fingerprint density at radius 2 is 1.88 bits per heavy atom. The van der Waals surface area contributed by atoms with Crippen molar-refractivity contribution < 1.29 is 19.4 Å². The number of halogens is 3. The second-order valence-electron chi connectivity index (χ2n) is 8.50. The average Bonchev–Trinajstić information content (AvgIpc) is 3.12. The number of carbonyl (C=O) groups is 2. The van der Waals surface area contributed by atoms with Gasteiger partial charge in [0.1, 0.15) is 11.5 Å². The molecule has 1 aromatic carbocycles. The summed E-state index contributed by atoms with van der Waals surface area (Å²) >= 11 is 17.2. The minimum Gasteiger partial charge on any atom is -0.508 e. The molecule has 0 unspecified atom stereocenters. The van der Waals surface area contributed by atoms with Crippen LogP contribution in [0.4, 0.5) is 0 Å². The van der Waals surface area contributed by atoms with Crippen LogP contribution in [0.5, 0.6) is 11.5 Å². The van der Waals surface area contributed by atoms with E-state index in [0.29, 0.717) is 11.3 Å². The highest BCUT2D eigenvalue weighted by molar-refractivity contribution is 9.09. The molecular formula is C21H19BrCl2N4O6. The van der Waals surface area contributed by atoms with E-state index in [1.165, 1.54) is 41.7 Å². The number of phenolic OH excluding ortho intramolecular Hbond substituents is 1. The lowest BCUT2D eigenvalue weighted by atomic mass is 9.64. The number of aromatic hydroxyl groups is 1. The Morgan fingerprint density at radius 3 is 2.53 bits per heavy atom. The van der Waals surface area contributed by atoms with Crippen molar-refractivity contribution in [3.8, 4) is 11.5 Å². The van der Waals surface area contributed by atoms with Crippen LogP contribution in [0.1, 0.15) is 23.9 Å². The number of amides is 2. The summed E-state index contributed by atoms with van der Waals surface area (Å²) in [5, 5.41) is 10.8. The molecule has 2 fully saturated rings. The third-order valence-corrected chi connectivity index (χ3v) is 8.93. The van der Waals surface area contributed by atoms with Gasteiger partial charge in [-0.1, -0.05) is 22.0 Å². The van der Waals surface area contributed by atoms with Crippen molar-refractivity contribution in [1.82, 2.24) is 18.8 Å². The molecule has 2 aliphatic heterocycles. The molecule has 34 heavy (non-hydrogen) atoms. The van der Waals surface area contributed by atoms with Gasteiger partial charge in [-0.15, -0.1) is 23.2 Å². The molecule has 180 valence electrons. The zero-order valence-corrected chi connectivity index (χ0v) is 21.1. The second-order valence-corrected chi connectivity index (χ2v) is 10.2. The first-order chi connectivity index (χ1) is 16.0. The molecule has 0 spiro atoms. The van der Waals surface area contributed by atoms with Crippen LogP contribution in [-0.4, -0.2) is 58.1 Å². The zero-order valence-electron chi connectivity index (χ0n) is 18.0. The third-order valence-electron chi connectivity index (χ3n) is 7.02. The van der Waals surface area contributed by atoms with Crippen LogP contribution in [0, 0.1) is 0 Å². The van der Waals surface area contributed by atoms with E-state index in [9.17, 15) is 24.3 Å². The number of phenols is 1. The summed E-state index contributed by atoms with van der Waals surface area (Å²) in [5.74, 6) is -2.35. The average molecular weight is 574 g/mol. The highest BCUT2D eigenvalue weighted by Gasteiger charge is 2.75. The van der Waals surface area contributed by atoms with Gasteiger partial charge in [0.25, 0.3) is 11.8 Å². The largest absolute Gasteiger partial charge is 0.508 e. The number of imide groups is 1. The zero-order chi connectivity index (χ0) is 24.7. The van der Waals surface area contributed by atoms with Gasteiger partial charge in [-0.3, -0.25) is 14.5 Å². The number of hydrogen-bond donors (Lipinski definition) is 1. The number of fused-ring (bicyclic) bond motifs is 4. The topological polar surface area (TPSA) is 116 Å². The van der Waals surface area contributed by atoms with Gasteiger partial charge in [-0.2, -0.15) is 0 Å². The van der Waals surface area contributed by atoms with Crippen LogP contribution in [0.25, 0.3) is 0 Å². The van der Waals surface area contributed by atoms with E-state index >= 15 is 0 Å². The number of benzene rings is 1. The Morgan fingerprint density at radius 1 is 1.18 bits per heavy atom. The van der Waals surface area contributed by atoms with Crippen LogP contribution < -0.4 is 16.1 Å². The van der Waals surface area contributed by atoms with Crippen LogP contribution in [0.3, 0.4) is 0 Å². The fourth-order valence-corrected chi connectivity index (χ4v) is 6.76. The number of allylic oxidation sites excluding steroid dienone is 2. The number of alkyl halides is 3. The van der Waals surface area contributed by atoms with Crippen molar-refractivity contribution >= 4 is 50.9 Å². The van der Waals surface area contributed by atoms with Gasteiger partial charge in [-0.05, 0) is 23.8 Å². The summed E-state index contributed by atoms with van der Waals surface area (Å²) in [4.78, 5) is 49.6. The van der Waals surface area contributed by atoms with Crippen molar-refractivity contribution in [2.75, 3.05) is 12.6 Å². The Bertz CT molecular complexity index is 1410. The van der Waals surface area contributed by atoms with E-state index in [2.05, 4.69) is 15.9 Å². The van der Waals surface area contributed by atoms with Crippen molar-refractivity contribution in [3.05, 3.63) is 56.4 Å². The molecule has 2 aromatic rings. The smallest absolute Gasteiger partial charge is 0.347 e. The lowest BCUT2D eigenvalue weighted by Crippen LogP contribution is -2.59. The van der Waals surface area contributed by atoms with Gasteiger partial charge < -0.3 is 9.84 Å². The van der Waals surface area contributed by atoms with Crippen molar-refractivity contribution in [3.63, 3.8) is 0 Å². The van der Waals surface area contributed by atoms with Gasteiger partial charge in [0.15, 0.2) is 9.75 Å². The van der Waals surface area contributed by atoms with Gasteiger partial charge in [0, 0.05) is 24.9 Å². The van der Waals surface area contributed by atoms with E-state index in [1.807, 2.05) is 0 Å². The van der Waals surface area contributed by atoms with Crippen molar-refractivity contribution in [1.29, 1.82) is 0 Å². The van der Waals surface area contributed by atoms with Crippen molar-refractivity contribution in [2.45, 2.75) is 34.7 Å². The fourth-order valence-electron chi connectivity index (χ4n) is 5.36. The number of hydrogen-bond acceptors (Lipinski definition) is 6. The molecule has 1 saturated carbocycles. The predicted molar refractivity (Wildman–Crippen MR) is 126 cm³/mol. The molecule has 0 bridgehead atoms. The minimum atomic E-state index is -2.01. The maximum atomic E-state index is 13.6. The first-order valence-corrected chi connectivity index (χ1v) is 12.2. The van der Waals surface area contributed by atoms with E-state index in [1.54, 1.807) is 6.08 Å². The minimum absolute atomic E-state index is 0.0362. The standard InChI is InChI=1S/C21H19BrCl2N4O6/c1-25-18(32)27-6-5-11-13(28(27)19(25)33)8-20(23)16(30)26(9-22)17(31)21(20,24)15(11)12-7-10(34-2)3-4-14(12)29/h3-5,7,13,15,29H,6,8-9H2,1-2H3/t13-,15-,20-,21+/m1/s1. The Labute approximate surface area is 211 Å². The number of likely N-dealkylation sites (tertiary alicyclic amines) is 1. The van der Waals surface area contributed by atoms with E-state index in [-0.39, 0.29) is 29.7 Å². The predicted octanol–water partition coefficient (Wildman–Crippen LogP) is 1.41. The van der Waals surface area contributed by atoms with Gasteiger partial charge in [-0.25, -0.2) is 23.5 Å². The molecule has 13 heteroatoms. The Hall–Kier alpha value is -2.50. The first kappa shape index (κ1) is 23.3. The van der Waals surface area contributed by atoms with Gasteiger partial charge in [0.05, 0.1) is 25.2 Å². The molecular weight excluding hydrogens is 555 g/mol. The molecule has 10 nitrogen and oxygen atoms in total. The Kier molecular flexibility index (Phi) is 5.13. The summed E-state index contributed by atoms with van der Waals surface area (Å²) < 4.78 is 8.77. The summed E-state index contributed by atoms with van der Waals surface area (Å²) in [6.45, 7) is 0.0362. The van der Waals surface area contributed by atoms with Crippen LogP contribution in [0.2, 0.25) is 0 Å². The van der Waals surface area contributed by atoms with E-state index in [0.717, 1.165) is 9.47 Å². The SMILES string of the molecule is COc1ccc(O)c([C@H]2C3=CCn4c(=O)n(C)c(=O)n4[C@@H]3C[C@@]3(Cl)C(=O)N(CBr)C(=O)[C@@]23Cl)c1. The van der Waals surface area contributed by atoms with E-state index in [4.69, 9.17) is 27.9 Å². The second kappa shape index (κ2) is 7.50. The molecule has 1 N–H and O–H groups in total. The molecule has 3 heterocycles. The summed E-state index contributed by atoms with van der Waals surface area (Å²) in [6, 6.07) is 3.59. The highest BCUT2D eigenvalue weighted by atomic mass is 79.9. The Balaban J connectivity index is 1.84. The van der Waals surface area contributed by atoms with Crippen LogP contribution >= 0.6 is 39.1 Å². The van der Waals surface area contributed by atoms with Gasteiger partial charge in [0.2, 0.25) is 0 Å². The first-order valence-electron chi connectivity index (χ1n) is 10.3. The number of methoxy groups -OCH3 is 1. The maximum absolute atomic E-state index is 13.6. The molecule has 4 atom stereocenters. The number of aromatic nitrogens is 3. The summed E-state index contributed by atoms with van der Waals surface area (Å²) in [7, 11) is 2.80. The molecule has 1 aliphatic carbocycles.